The first-order chi connectivity index (χ1) is 4.20. The third kappa shape index (κ3) is 1.47. The van der Waals surface area contributed by atoms with E-state index in [4.69, 9.17) is 4.74 Å². The molecule has 0 aliphatic carbocycles. The molecule has 0 spiro atoms. The van der Waals surface area contributed by atoms with Gasteiger partial charge in [0.1, 0.15) is 0 Å². The Bertz CT molecular complexity index is 125. The maximum Gasteiger partial charge on any atom is 0.0988 e. The summed E-state index contributed by atoms with van der Waals surface area (Å²) in [4.78, 5) is 0. The van der Waals surface area contributed by atoms with Crippen molar-refractivity contribution in [1.82, 2.24) is 0 Å². The Balaban J connectivity index is 2.45. The van der Waals surface area contributed by atoms with Crippen molar-refractivity contribution in [2.24, 2.45) is 5.92 Å². The maximum atomic E-state index is 5.26. The molecule has 0 unspecified atom stereocenters. The topological polar surface area (TPSA) is 9.23 Å². The number of hydrogen-bond donors (Lipinski definition) is 0. The fraction of sp³-hybridized carbons (Fsp3) is 0.750. The van der Waals surface area contributed by atoms with Crippen LogP contribution in [0.15, 0.2) is 11.8 Å². The molecule has 0 aromatic heterocycles. The van der Waals surface area contributed by atoms with E-state index in [-0.39, 0.29) is 0 Å². The molecule has 1 aliphatic heterocycles. The molecule has 1 heteroatoms. The van der Waals surface area contributed by atoms with Gasteiger partial charge in [-0.05, 0) is 18.4 Å². The highest BCUT2D eigenvalue weighted by molar-refractivity contribution is 5.06. The molecule has 0 saturated carbocycles. The molecule has 1 rings (SSSR count). The lowest BCUT2D eigenvalue weighted by atomic mass is 10.0. The van der Waals surface area contributed by atoms with Crippen LogP contribution in [0.1, 0.15) is 27.2 Å². The molecule has 0 fully saturated rings. The minimum Gasteiger partial charge on any atom is -0.498 e. The van der Waals surface area contributed by atoms with Crippen LogP contribution in [0.25, 0.3) is 0 Å². The van der Waals surface area contributed by atoms with Crippen molar-refractivity contribution in [3.63, 3.8) is 0 Å². The van der Waals surface area contributed by atoms with Gasteiger partial charge in [0.15, 0.2) is 0 Å². The van der Waals surface area contributed by atoms with Gasteiger partial charge < -0.3 is 4.74 Å². The summed E-state index contributed by atoms with van der Waals surface area (Å²) in [6.07, 6.45) is 3.45. The van der Waals surface area contributed by atoms with Crippen LogP contribution in [0, 0.1) is 5.92 Å². The Morgan fingerprint density at radius 2 is 2.33 bits per heavy atom. The summed E-state index contributed by atoms with van der Waals surface area (Å²) in [5.74, 6) is 0.662. The first-order valence-corrected chi connectivity index (χ1v) is 3.54. The highest BCUT2D eigenvalue weighted by Gasteiger charge is 2.15. The van der Waals surface area contributed by atoms with Gasteiger partial charge in [-0.2, -0.15) is 0 Å². The zero-order valence-corrected chi connectivity index (χ0v) is 6.35. The Labute approximate surface area is 56.7 Å². The van der Waals surface area contributed by atoms with Gasteiger partial charge in [0.05, 0.1) is 12.4 Å². The van der Waals surface area contributed by atoms with Crippen LogP contribution in [-0.4, -0.2) is 6.10 Å². The molecule has 1 atom stereocenters. The molecule has 0 N–H and O–H groups in total. The van der Waals surface area contributed by atoms with E-state index in [1.807, 2.05) is 6.26 Å². The lowest BCUT2D eigenvalue weighted by Gasteiger charge is -2.03. The zero-order chi connectivity index (χ0) is 6.85. The third-order valence-electron chi connectivity index (χ3n) is 1.72. The average Bonchev–Trinajstić information content (AvgIpc) is 2.14. The van der Waals surface area contributed by atoms with Crippen LogP contribution in [0.3, 0.4) is 0 Å². The van der Waals surface area contributed by atoms with E-state index in [1.54, 1.807) is 0 Å². The molecule has 0 bridgehead atoms. The van der Waals surface area contributed by atoms with E-state index in [2.05, 4.69) is 20.8 Å². The summed E-state index contributed by atoms with van der Waals surface area (Å²) < 4.78 is 5.26. The van der Waals surface area contributed by atoms with E-state index in [1.165, 1.54) is 5.57 Å². The van der Waals surface area contributed by atoms with Crippen molar-refractivity contribution in [2.75, 3.05) is 0 Å². The Hall–Kier alpha value is -0.460. The first kappa shape index (κ1) is 6.66. The number of ether oxygens (including phenoxy) is 1. The van der Waals surface area contributed by atoms with Crippen LogP contribution in [0.4, 0.5) is 0 Å². The predicted molar refractivity (Wildman–Crippen MR) is 38.1 cm³/mol. The molecule has 0 amide bonds. The summed E-state index contributed by atoms with van der Waals surface area (Å²) in [5, 5.41) is 0. The van der Waals surface area contributed by atoms with E-state index in [9.17, 15) is 0 Å². The molecular formula is C8H14O. The third-order valence-corrected chi connectivity index (χ3v) is 1.72. The maximum absolute atomic E-state index is 5.26. The Kier molecular flexibility index (Phi) is 1.79. The molecule has 0 aromatic carbocycles. The second kappa shape index (κ2) is 2.42. The highest BCUT2D eigenvalue weighted by atomic mass is 16.5. The fourth-order valence-electron chi connectivity index (χ4n) is 1.00. The van der Waals surface area contributed by atoms with Crippen molar-refractivity contribution in [3.8, 4) is 0 Å². The summed E-state index contributed by atoms with van der Waals surface area (Å²) in [5.41, 5.74) is 1.45. The minimum atomic E-state index is 0.419. The van der Waals surface area contributed by atoms with Crippen LogP contribution >= 0.6 is 0 Å². The minimum absolute atomic E-state index is 0.419. The molecule has 1 aliphatic rings. The Morgan fingerprint density at radius 3 is 2.56 bits per heavy atom. The van der Waals surface area contributed by atoms with E-state index >= 15 is 0 Å². The van der Waals surface area contributed by atoms with Crippen molar-refractivity contribution in [1.29, 1.82) is 0 Å². The number of rotatable bonds is 1. The van der Waals surface area contributed by atoms with Gasteiger partial charge in [-0.1, -0.05) is 13.8 Å². The summed E-state index contributed by atoms with van der Waals surface area (Å²) in [6, 6.07) is 0. The lowest BCUT2D eigenvalue weighted by Crippen LogP contribution is -1.98. The van der Waals surface area contributed by atoms with Crippen LogP contribution < -0.4 is 0 Å². The molecule has 0 aromatic rings. The van der Waals surface area contributed by atoms with Gasteiger partial charge in [0, 0.05) is 6.42 Å². The van der Waals surface area contributed by atoms with E-state index < -0.39 is 0 Å². The highest BCUT2D eigenvalue weighted by Crippen LogP contribution is 2.23. The molecule has 0 radical (unpaired) electrons. The molecule has 1 nitrogen and oxygen atoms in total. The second-order valence-corrected chi connectivity index (χ2v) is 3.00. The molecule has 1 heterocycles. The summed E-state index contributed by atoms with van der Waals surface area (Å²) in [6.45, 7) is 6.51. The van der Waals surface area contributed by atoms with Gasteiger partial charge in [-0.25, -0.2) is 0 Å². The second-order valence-electron chi connectivity index (χ2n) is 3.00. The molecule has 9 heavy (non-hydrogen) atoms. The normalized spacial score (nSPS) is 26.2. The number of hydrogen-bond acceptors (Lipinski definition) is 1. The van der Waals surface area contributed by atoms with Crippen LogP contribution in [0.5, 0.6) is 0 Å². The van der Waals surface area contributed by atoms with Crippen LogP contribution in [0.2, 0.25) is 0 Å². The van der Waals surface area contributed by atoms with E-state index in [0.717, 1.165) is 6.42 Å². The SMILES string of the molecule is CC(C)C1=CO[C@H](C)C1. The lowest BCUT2D eigenvalue weighted by molar-refractivity contribution is 0.189. The molecular weight excluding hydrogens is 112 g/mol. The van der Waals surface area contributed by atoms with Gasteiger partial charge in [0.2, 0.25) is 0 Å². The Morgan fingerprint density at radius 1 is 1.67 bits per heavy atom. The van der Waals surface area contributed by atoms with Crippen LogP contribution in [-0.2, 0) is 4.74 Å². The quantitative estimate of drug-likeness (QED) is 0.524. The van der Waals surface area contributed by atoms with Crippen molar-refractivity contribution in [3.05, 3.63) is 11.8 Å². The zero-order valence-electron chi connectivity index (χ0n) is 6.35. The standard InChI is InChI=1S/C8H14O/c1-6(2)8-4-7(3)9-5-8/h5-7H,4H2,1-3H3/t7-/m1/s1. The van der Waals surface area contributed by atoms with Crippen molar-refractivity contribution >= 4 is 0 Å². The largest absolute Gasteiger partial charge is 0.498 e. The summed E-state index contributed by atoms with van der Waals surface area (Å²) >= 11 is 0. The van der Waals surface area contributed by atoms with Gasteiger partial charge in [-0.15, -0.1) is 0 Å². The van der Waals surface area contributed by atoms with Gasteiger partial charge in [-0.3, -0.25) is 0 Å². The predicted octanol–water partition coefficient (Wildman–Crippen LogP) is 2.34. The first-order valence-electron chi connectivity index (χ1n) is 3.54. The summed E-state index contributed by atoms with van der Waals surface area (Å²) in [7, 11) is 0. The molecule has 0 saturated heterocycles. The molecule has 52 valence electrons. The van der Waals surface area contributed by atoms with Crippen molar-refractivity contribution in [2.45, 2.75) is 33.3 Å². The van der Waals surface area contributed by atoms with Gasteiger partial charge >= 0.3 is 0 Å². The average molecular weight is 126 g/mol. The van der Waals surface area contributed by atoms with E-state index in [0.29, 0.717) is 12.0 Å². The monoisotopic (exact) mass is 126 g/mol. The van der Waals surface area contributed by atoms with Crippen molar-refractivity contribution < 1.29 is 4.74 Å². The smallest absolute Gasteiger partial charge is 0.0988 e. The fourth-order valence-corrected chi connectivity index (χ4v) is 1.00. The van der Waals surface area contributed by atoms with Gasteiger partial charge in [0.25, 0.3) is 0 Å².